The highest BCUT2D eigenvalue weighted by molar-refractivity contribution is 5.91. The largest absolute Gasteiger partial charge is 0.285 e. The maximum Gasteiger partial charge on any atom is 0.285 e. The molecule has 0 spiro atoms. The summed E-state index contributed by atoms with van der Waals surface area (Å²) in [7, 11) is 2.29. The van der Waals surface area contributed by atoms with E-state index in [0.717, 1.165) is 27.7 Å². The minimum Gasteiger partial charge on any atom is -0.249 e. The predicted octanol–water partition coefficient (Wildman–Crippen LogP) is 5.55. The first-order valence-electron chi connectivity index (χ1n) is 9.63. The molecule has 0 radical (unpaired) electrons. The number of hydrogen-bond donors (Lipinski definition) is 0. The molecule has 0 aliphatic carbocycles. The maximum absolute atomic E-state index is 4.68. The summed E-state index contributed by atoms with van der Waals surface area (Å²) in [6.45, 7) is 2.97. The molecule has 0 fully saturated rings. The van der Waals surface area contributed by atoms with E-state index in [1.54, 1.807) is 0 Å². The molecular formula is C25H23N3+2. The number of benzene rings is 3. The van der Waals surface area contributed by atoms with Gasteiger partial charge in [0, 0.05) is 23.7 Å². The van der Waals surface area contributed by atoms with Crippen LogP contribution in [-0.4, -0.2) is 29.5 Å². The van der Waals surface area contributed by atoms with E-state index < -0.39 is 0 Å². The van der Waals surface area contributed by atoms with E-state index in [9.17, 15) is 0 Å². The maximum atomic E-state index is 4.68. The Balaban J connectivity index is 1.76. The van der Waals surface area contributed by atoms with Crippen molar-refractivity contribution in [3.8, 4) is 0 Å². The number of rotatable bonds is 2. The lowest BCUT2D eigenvalue weighted by atomic mass is 10.0. The van der Waals surface area contributed by atoms with E-state index in [0.29, 0.717) is 0 Å². The Bertz CT molecular complexity index is 1210. The van der Waals surface area contributed by atoms with E-state index in [1.165, 1.54) is 22.5 Å². The van der Waals surface area contributed by atoms with Gasteiger partial charge >= 0.3 is 0 Å². The molecule has 0 saturated heterocycles. The smallest absolute Gasteiger partial charge is 0.249 e. The minimum atomic E-state index is 0.718. The van der Waals surface area contributed by atoms with Crippen molar-refractivity contribution >= 4 is 34.2 Å². The molecule has 3 nitrogen and oxygen atoms in total. The van der Waals surface area contributed by atoms with Crippen molar-refractivity contribution in [2.24, 2.45) is 0 Å². The predicted molar refractivity (Wildman–Crippen MR) is 117 cm³/mol. The highest BCUT2D eigenvalue weighted by Gasteiger charge is 2.40. The monoisotopic (exact) mass is 365 g/mol. The van der Waals surface area contributed by atoms with Crippen molar-refractivity contribution in [3.05, 3.63) is 96.2 Å². The Morgan fingerprint density at radius 2 is 1.71 bits per heavy atom. The number of fused-ring (bicyclic) bond motifs is 2. The van der Waals surface area contributed by atoms with Gasteiger partial charge in [0.05, 0.1) is 7.05 Å². The molecule has 0 bridgehead atoms. The topological polar surface area (TPSA) is 15.9 Å². The first-order valence-corrected chi connectivity index (χ1v) is 9.63. The summed E-state index contributed by atoms with van der Waals surface area (Å²) in [5, 5.41) is 1.16. The second-order valence-electron chi connectivity index (χ2n) is 7.68. The molecule has 0 saturated carbocycles. The van der Waals surface area contributed by atoms with Crippen LogP contribution in [-0.2, 0) is 0 Å². The number of para-hydroxylation sites is 2. The van der Waals surface area contributed by atoms with Gasteiger partial charge in [-0.2, -0.15) is 0 Å². The third-order valence-electron chi connectivity index (χ3n) is 5.69. The van der Waals surface area contributed by atoms with Crippen molar-refractivity contribution in [2.45, 2.75) is 6.92 Å². The molecule has 4 aromatic rings. The summed E-state index contributed by atoms with van der Waals surface area (Å²) in [5.74, 6) is 0. The van der Waals surface area contributed by atoms with Crippen LogP contribution in [0.25, 0.3) is 10.9 Å². The molecule has 0 amide bonds. The van der Waals surface area contributed by atoms with Crippen LogP contribution in [0.2, 0.25) is 0 Å². The Hall–Kier alpha value is -3.30. The van der Waals surface area contributed by atoms with Gasteiger partial charge in [-0.3, -0.25) is 0 Å². The summed E-state index contributed by atoms with van der Waals surface area (Å²) < 4.78 is 3.07. The standard InChI is InChI=1S/C25H23N3/c1-19-13-14-24-21(16-19)17-27(18-28(24,2)22-10-4-3-5-11-22)23-12-6-8-20-9-7-15-26-25(20)23/h3-17H,18H2,1-2H3/q+2. The van der Waals surface area contributed by atoms with Gasteiger partial charge < -0.3 is 0 Å². The van der Waals surface area contributed by atoms with Crippen LogP contribution >= 0.6 is 0 Å². The van der Waals surface area contributed by atoms with Crippen molar-refractivity contribution in [2.75, 3.05) is 13.7 Å². The molecule has 1 aliphatic heterocycles. The number of aromatic nitrogens is 1. The summed E-state index contributed by atoms with van der Waals surface area (Å²) in [6, 6.07) is 28.0. The highest BCUT2D eigenvalue weighted by atomic mass is 15.4. The molecule has 1 unspecified atom stereocenters. The molecule has 3 aromatic carbocycles. The van der Waals surface area contributed by atoms with E-state index in [1.807, 2.05) is 12.3 Å². The molecule has 136 valence electrons. The number of aryl methyl sites for hydroxylation is 1. The summed E-state index contributed by atoms with van der Waals surface area (Å²) >= 11 is 0. The fourth-order valence-corrected chi connectivity index (χ4v) is 4.26. The highest BCUT2D eigenvalue weighted by Crippen LogP contribution is 2.39. The van der Waals surface area contributed by atoms with Crippen molar-refractivity contribution < 1.29 is 4.58 Å². The molecule has 1 aliphatic rings. The Morgan fingerprint density at radius 1 is 0.893 bits per heavy atom. The zero-order chi connectivity index (χ0) is 19.1. The zero-order valence-electron chi connectivity index (χ0n) is 16.2. The number of pyridine rings is 1. The van der Waals surface area contributed by atoms with Gasteiger partial charge in [-0.15, -0.1) is 4.58 Å². The van der Waals surface area contributed by atoms with E-state index >= 15 is 0 Å². The molecule has 2 heterocycles. The van der Waals surface area contributed by atoms with Crippen LogP contribution in [0.4, 0.5) is 17.1 Å². The molecule has 5 rings (SSSR count). The SMILES string of the molecule is Cc1ccc2c(c1)C=[N+](c1cccc3cccnc13)C[N+]2(C)c1ccccc1. The minimum absolute atomic E-state index is 0.718. The second kappa shape index (κ2) is 6.39. The van der Waals surface area contributed by atoms with Gasteiger partial charge in [0.1, 0.15) is 16.8 Å². The quantitative estimate of drug-likeness (QED) is 0.336. The van der Waals surface area contributed by atoms with Gasteiger partial charge in [-0.25, -0.2) is 9.47 Å². The van der Waals surface area contributed by atoms with Gasteiger partial charge in [0.15, 0.2) is 11.9 Å². The number of hydrogen-bond acceptors (Lipinski definition) is 1. The first-order chi connectivity index (χ1) is 13.6. The average molecular weight is 365 g/mol. The van der Waals surface area contributed by atoms with Gasteiger partial charge in [0.2, 0.25) is 5.69 Å². The van der Waals surface area contributed by atoms with Gasteiger partial charge in [-0.05, 0) is 36.8 Å². The first kappa shape index (κ1) is 16.8. The van der Waals surface area contributed by atoms with Crippen molar-refractivity contribution in [3.63, 3.8) is 0 Å². The zero-order valence-corrected chi connectivity index (χ0v) is 16.2. The van der Waals surface area contributed by atoms with Gasteiger partial charge in [-0.1, -0.05) is 42.5 Å². The van der Waals surface area contributed by atoms with E-state index in [2.05, 4.69) is 103 Å². The van der Waals surface area contributed by atoms with Crippen LogP contribution in [0.15, 0.2) is 85.1 Å². The molecule has 28 heavy (non-hydrogen) atoms. The van der Waals surface area contributed by atoms with Crippen LogP contribution in [0.1, 0.15) is 11.1 Å². The summed E-state index contributed by atoms with van der Waals surface area (Å²) in [4.78, 5) is 4.68. The molecule has 1 atom stereocenters. The van der Waals surface area contributed by atoms with Crippen molar-refractivity contribution in [1.29, 1.82) is 0 Å². The van der Waals surface area contributed by atoms with E-state index in [4.69, 9.17) is 0 Å². The Labute approximate surface area is 165 Å². The average Bonchev–Trinajstić information content (AvgIpc) is 2.73. The fourth-order valence-electron chi connectivity index (χ4n) is 4.26. The third-order valence-corrected chi connectivity index (χ3v) is 5.69. The Morgan fingerprint density at radius 3 is 2.57 bits per heavy atom. The number of nitrogens with zero attached hydrogens (tertiary/aromatic N) is 3. The molecule has 3 heteroatoms. The third kappa shape index (κ3) is 2.63. The number of quaternary nitrogens is 1. The Kier molecular flexibility index (Phi) is 3.85. The normalized spacial score (nSPS) is 18.6. The lowest BCUT2D eigenvalue weighted by Gasteiger charge is -2.34. The van der Waals surface area contributed by atoms with Gasteiger partial charge in [0.25, 0.3) is 6.67 Å². The van der Waals surface area contributed by atoms with Crippen LogP contribution in [0.5, 0.6) is 0 Å². The summed E-state index contributed by atoms with van der Waals surface area (Å²) in [6.07, 6.45) is 4.15. The van der Waals surface area contributed by atoms with Crippen LogP contribution in [0.3, 0.4) is 0 Å². The second-order valence-corrected chi connectivity index (χ2v) is 7.68. The van der Waals surface area contributed by atoms with Crippen LogP contribution in [0, 0.1) is 6.92 Å². The van der Waals surface area contributed by atoms with E-state index in [-0.39, 0.29) is 0 Å². The molecular weight excluding hydrogens is 342 g/mol. The fraction of sp³-hybridized carbons (Fsp3) is 0.120. The van der Waals surface area contributed by atoms with Crippen molar-refractivity contribution in [1.82, 2.24) is 9.47 Å². The lowest BCUT2D eigenvalue weighted by molar-refractivity contribution is -0.455. The summed E-state index contributed by atoms with van der Waals surface area (Å²) in [5.41, 5.74) is 7.31. The molecule has 1 aromatic heterocycles. The molecule has 0 N–H and O–H groups in total. The van der Waals surface area contributed by atoms with Crippen LogP contribution < -0.4 is 4.48 Å². The lowest BCUT2D eigenvalue weighted by Crippen LogP contribution is -2.48.